The summed E-state index contributed by atoms with van der Waals surface area (Å²) in [5.74, 6) is 1.38. The quantitative estimate of drug-likeness (QED) is 0.378. The lowest BCUT2D eigenvalue weighted by Crippen LogP contribution is -2.52. The molecular formula is C24H42O2Si. The third-order valence-corrected chi connectivity index (χ3v) is 13.5. The number of carbonyl (C=O) groups excluding carboxylic acids is 1. The lowest BCUT2D eigenvalue weighted by molar-refractivity contribution is -0.138. The molecule has 0 aromatic carbocycles. The van der Waals surface area contributed by atoms with Crippen LogP contribution in [-0.4, -0.2) is 20.2 Å². The maximum absolute atomic E-state index is 13.6. The number of Topliss-reactive ketones (excluding diaryl/α,β-unsaturated/α-hetero) is 1. The number of rotatable bonds is 2. The van der Waals surface area contributed by atoms with E-state index in [0.29, 0.717) is 17.6 Å². The minimum absolute atomic E-state index is 0.190. The molecule has 0 spiro atoms. The van der Waals surface area contributed by atoms with Crippen LogP contribution in [0.1, 0.15) is 86.5 Å². The fourth-order valence-corrected chi connectivity index (χ4v) is 7.04. The van der Waals surface area contributed by atoms with Gasteiger partial charge >= 0.3 is 0 Å². The first kappa shape index (κ1) is 21.3. The molecule has 4 atom stereocenters. The van der Waals surface area contributed by atoms with E-state index in [4.69, 9.17) is 4.43 Å². The second kappa shape index (κ2) is 6.83. The van der Waals surface area contributed by atoms with Gasteiger partial charge in [-0.2, -0.15) is 0 Å². The van der Waals surface area contributed by atoms with Crippen LogP contribution < -0.4 is 0 Å². The molecule has 0 N–H and O–H groups in total. The predicted molar refractivity (Wildman–Crippen MR) is 116 cm³/mol. The van der Waals surface area contributed by atoms with Crippen molar-refractivity contribution in [2.45, 2.75) is 111 Å². The minimum atomic E-state index is -1.84. The second-order valence-electron chi connectivity index (χ2n) is 11.9. The van der Waals surface area contributed by atoms with Gasteiger partial charge in [0.15, 0.2) is 8.32 Å². The average molecular weight is 391 g/mol. The molecule has 0 aromatic rings. The molecule has 0 amide bonds. The SMILES string of the molecule is CC1(C)/C2=C/C[C@H]3[C@H](O[Si](C)(C)C(C)(C)C)CCC[C@@]3(C)C(=O)C[C@H]1CC2. The van der Waals surface area contributed by atoms with Crippen LogP contribution in [0.3, 0.4) is 0 Å². The molecule has 0 saturated heterocycles. The summed E-state index contributed by atoms with van der Waals surface area (Å²) in [5.41, 5.74) is 1.58. The van der Waals surface area contributed by atoms with Crippen molar-refractivity contribution in [1.29, 1.82) is 0 Å². The Morgan fingerprint density at radius 1 is 1.15 bits per heavy atom. The molecule has 0 aliphatic heterocycles. The molecule has 0 radical (unpaired) electrons. The summed E-state index contributed by atoms with van der Waals surface area (Å²) >= 11 is 0. The molecule has 2 fully saturated rings. The van der Waals surface area contributed by atoms with E-state index in [2.05, 4.69) is 60.7 Å². The molecular weight excluding hydrogens is 348 g/mol. The summed E-state index contributed by atoms with van der Waals surface area (Å²) in [5, 5.41) is 0.211. The summed E-state index contributed by atoms with van der Waals surface area (Å²) in [7, 11) is -1.84. The average Bonchev–Trinajstić information content (AvgIpc) is 2.80. The largest absolute Gasteiger partial charge is 0.414 e. The molecule has 3 aliphatic rings. The van der Waals surface area contributed by atoms with Crippen LogP contribution in [0.4, 0.5) is 0 Å². The van der Waals surface area contributed by atoms with Crippen molar-refractivity contribution in [3.8, 4) is 0 Å². The van der Waals surface area contributed by atoms with Gasteiger partial charge in [-0.1, -0.05) is 53.2 Å². The second-order valence-corrected chi connectivity index (χ2v) is 16.6. The molecule has 2 saturated carbocycles. The minimum Gasteiger partial charge on any atom is -0.414 e. The molecule has 154 valence electrons. The Bertz CT molecular complexity index is 625. The normalized spacial score (nSPS) is 39.0. The summed E-state index contributed by atoms with van der Waals surface area (Å²) in [4.78, 5) is 13.6. The highest BCUT2D eigenvalue weighted by molar-refractivity contribution is 6.74. The zero-order valence-corrected chi connectivity index (χ0v) is 20.1. The van der Waals surface area contributed by atoms with E-state index in [-0.39, 0.29) is 22.0 Å². The number of hydrogen-bond donors (Lipinski definition) is 0. The maximum atomic E-state index is 13.6. The number of fused-ring (bicyclic) bond motifs is 3. The van der Waals surface area contributed by atoms with Crippen molar-refractivity contribution in [2.75, 3.05) is 0 Å². The van der Waals surface area contributed by atoms with Gasteiger partial charge in [0, 0.05) is 17.9 Å². The third-order valence-electron chi connectivity index (χ3n) is 9.00. The van der Waals surface area contributed by atoms with Gasteiger partial charge < -0.3 is 4.43 Å². The molecule has 2 nitrogen and oxygen atoms in total. The van der Waals surface area contributed by atoms with Crippen molar-refractivity contribution < 1.29 is 9.22 Å². The Hall–Kier alpha value is -0.413. The Kier molecular flexibility index (Phi) is 5.39. The molecule has 3 aliphatic carbocycles. The molecule has 0 unspecified atom stereocenters. The lowest BCUT2D eigenvalue weighted by atomic mass is 9.61. The van der Waals surface area contributed by atoms with Crippen LogP contribution in [0.15, 0.2) is 11.6 Å². The summed E-state index contributed by atoms with van der Waals surface area (Å²) in [6, 6.07) is 0. The van der Waals surface area contributed by atoms with Crippen molar-refractivity contribution >= 4 is 14.1 Å². The van der Waals surface area contributed by atoms with Gasteiger partial charge in [-0.3, -0.25) is 4.79 Å². The fourth-order valence-electron chi connectivity index (χ4n) is 5.65. The topological polar surface area (TPSA) is 26.3 Å². The van der Waals surface area contributed by atoms with Gasteiger partial charge in [-0.05, 0) is 73.9 Å². The van der Waals surface area contributed by atoms with Crippen LogP contribution in [0, 0.1) is 22.7 Å². The molecule has 27 heavy (non-hydrogen) atoms. The van der Waals surface area contributed by atoms with Gasteiger partial charge in [0.05, 0.1) is 0 Å². The molecule has 2 bridgehead atoms. The zero-order valence-electron chi connectivity index (χ0n) is 19.1. The Balaban J connectivity index is 1.95. The number of ketones is 1. The van der Waals surface area contributed by atoms with Crippen molar-refractivity contribution in [2.24, 2.45) is 22.7 Å². The van der Waals surface area contributed by atoms with Crippen LogP contribution in [0.25, 0.3) is 0 Å². The third kappa shape index (κ3) is 3.63. The first-order valence-corrected chi connectivity index (χ1v) is 14.1. The van der Waals surface area contributed by atoms with E-state index in [1.165, 1.54) is 12.8 Å². The summed E-state index contributed by atoms with van der Waals surface area (Å²) in [6.07, 6.45) is 10.2. The van der Waals surface area contributed by atoms with Gasteiger partial charge in [-0.15, -0.1) is 0 Å². The number of carbonyl (C=O) groups is 1. The van der Waals surface area contributed by atoms with Crippen molar-refractivity contribution in [3.05, 3.63) is 11.6 Å². The Morgan fingerprint density at radius 3 is 2.44 bits per heavy atom. The molecule has 3 heteroatoms. The highest BCUT2D eigenvalue weighted by atomic mass is 28.4. The van der Waals surface area contributed by atoms with Crippen molar-refractivity contribution in [1.82, 2.24) is 0 Å². The highest BCUT2D eigenvalue weighted by Gasteiger charge is 2.52. The van der Waals surface area contributed by atoms with Crippen molar-refractivity contribution in [3.63, 3.8) is 0 Å². The first-order valence-electron chi connectivity index (χ1n) is 11.2. The van der Waals surface area contributed by atoms with E-state index >= 15 is 0 Å². The Morgan fingerprint density at radius 2 is 1.81 bits per heavy atom. The highest BCUT2D eigenvalue weighted by Crippen LogP contribution is 2.55. The zero-order chi connectivity index (χ0) is 20.3. The molecule has 0 aromatic heterocycles. The van der Waals surface area contributed by atoms with E-state index < -0.39 is 8.32 Å². The van der Waals surface area contributed by atoms with Crippen LogP contribution >= 0.6 is 0 Å². The van der Waals surface area contributed by atoms with E-state index in [1.807, 2.05) is 0 Å². The van der Waals surface area contributed by atoms with Crippen LogP contribution in [-0.2, 0) is 9.22 Å². The first-order chi connectivity index (χ1) is 12.3. The van der Waals surface area contributed by atoms with Gasteiger partial charge in [-0.25, -0.2) is 0 Å². The predicted octanol–water partition coefficient (Wildman–Crippen LogP) is 6.91. The number of allylic oxidation sites excluding steroid dienone is 2. The van der Waals surface area contributed by atoms with E-state index in [1.54, 1.807) is 5.57 Å². The van der Waals surface area contributed by atoms with E-state index in [9.17, 15) is 4.79 Å². The molecule has 0 heterocycles. The fraction of sp³-hybridized carbons (Fsp3) is 0.875. The molecule has 3 rings (SSSR count). The van der Waals surface area contributed by atoms with Gasteiger partial charge in [0.25, 0.3) is 0 Å². The van der Waals surface area contributed by atoms with Crippen LogP contribution in [0.2, 0.25) is 18.1 Å². The lowest BCUT2D eigenvalue weighted by Gasteiger charge is -2.49. The van der Waals surface area contributed by atoms with Gasteiger partial charge in [0.2, 0.25) is 0 Å². The number of hydrogen-bond acceptors (Lipinski definition) is 2. The standard InChI is InChI=1S/C24H42O2Si/c1-22(2,3)27(7,8)26-20-10-9-15-24(6)19(20)14-13-17-11-12-18(16-21(24)25)23(17,4)5/h13,18-20H,9-12,14-16H2,1-8H3/b17-13+/t18-,19+,20-,24-/m1/s1. The van der Waals surface area contributed by atoms with Crippen LogP contribution in [0.5, 0.6) is 0 Å². The van der Waals surface area contributed by atoms with E-state index in [0.717, 1.165) is 32.1 Å². The smallest absolute Gasteiger partial charge is 0.192 e. The summed E-state index contributed by atoms with van der Waals surface area (Å²) in [6.45, 7) is 18.7. The summed E-state index contributed by atoms with van der Waals surface area (Å²) < 4.78 is 6.95. The Labute approximate surface area is 168 Å². The van der Waals surface area contributed by atoms with Gasteiger partial charge in [0.1, 0.15) is 5.78 Å². The maximum Gasteiger partial charge on any atom is 0.192 e. The monoisotopic (exact) mass is 390 g/mol.